The van der Waals surface area contributed by atoms with E-state index < -0.39 is 26.3 Å². The Bertz CT molecular complexity index is 1680. The SMILES string of the molecule is Cc1cc(C)c(S(=O)(=O)Oc2ccc(NC(=O)Nc3ccc(OS(=O)(=O)c4ccccc4)cc3)cc2)c(C)c1. The Labute approximate surface area is 227 Å². The molecule has 0 aliphatic rings. The van der Waals surface area contributed by atoms with Crippen LogP contribution in [0.25, 0.3) is 0 Å². The van der Waals surface area contributed by atoms with Gasteiger partial charge in [0.05, 0.1) is 0 Å². The lowest BCUT2D eigenvalue weighted by Crippen LogP contribution is -2.19. The predicted molar refractivity (Wildman–Crippen MR) is 148 cm³/mol. The highest BCUT2D eigenvalue weighted by atomic mass is 32.2. The van der Waals surface area contributed by atoms with Crippen molar-refractivity contribution in [2.45, 2.75) is 30.6 Å². The Hall–Kier alpha value is -4.35. The molecule has 0 spiro atoms. The van der Waals surface area contributed by atoms with Gasteiger partial charge in [-0.15, -0.1) is 0 Å². The lowest BCUT2D eigenvalue weighted by Gasteiger charge is -2.13. The largest absolute Gasteiger partial charge is 0.379 e. The molecule has 0 aliphatic heterocycles. The summed E-state index contributed by atoms with van der Waals surface area (Å²) in [6.07, 6.45) is 0. The van der Waals surface area contributed by atoms with Crippen LogP contribution in [0, 0.1) is 20.8 Å². The van der Waals surface area contributed by atoms with Crippen LogP contribution < -0.4 is 19.0 Å². The number of hydrogen-bond donors (Lipinski definition) is 2. The van der Waals surface area contributed by atoms with Crippen molar-refractivity contribution < 1.29 is 30.0 Å². The van der Waals surface area contributed by atoms with Crippen molar-refractivity contribution in [1.82, 2.24) is 0 Å². The molecule has 9 nitrogen and oxygen atoms in total. The summed E-state index contributed by atoms with van der Waals surface area (Å²) in [5.74, 6) is 0.188. The maximum Gasteiger partial charge on any atom is 0.339 e. The Balaban J connectivity index is 1.35. The molecular weight excluding hydrogens is 540 g/mol. The van der Waals surface area contributed by atoms with Crippen LogP contribution in [0.4, 0.5) is 16.2 Å². The number of nitrogens with one attached hydrogen (secondary N) is 2. The first kappa shape index (κ1) is 27.7. The van der Waals surface area contributed by atoms with E-state index in [1.807, 2.05) is 6.92 Å². The van der Waals surface area contributed by atoms with Crippen LogP contribution in [0.1, 0.15) is 16.7 Å². The van der Waals surface area contributed by atoms with Gasteiger partial charge in [0.2, 0.25) is 0 Å². The fourth-order valence-electron chi connectivity index (χ4n) is 3.97. The van der Waals surface area contributed by atoms with Crippen LogP contribution in [0.15, 0.2) is 101 Å². The second kappa shape index (κ2) is 11.2. The smallest absolute Gasteiger partial charge is 0.339 e. The van der Waals surface area contributed by atoms with Gasteiger partial charge in [-0.2, -0.15) is 16.8 Å². The fourth-order valence-corrected chi connectivity index (χ4v) is 6.28. The third-order valence-corrected chi connectivity index (χ3v) is 8.34. The molecule has 2 N–H and O–H groups in total. The van der Waals surface area contributed by atoms with Crippen molar-refractivity contribution in [1.29, 1.82) is 0 Å². The van der Waals surface area contributed by atoms with Gasteiger partial charge in [-0.3, -0.25) is 0 Å². The minimum absolute atomic E-state index is 0.0287. The van der Waals surface area contributed by atoms with Gasteiger partial charge in [-0.25, -0.2) is 4.79 Å². The first-order valence-corrected chi connectivity index (χ1v) is 14.5. The minimum atomic E-state index is -4.05. The lowest BCUT2D eigenvalue weighted by molar-refractivity contribution is 0.262. The molecule has 2 amide bonds. The Kier molecular flexibility index (Phi) is 7.93. The summed E-state index contributed by atoms with van der Waals surface area (Å²) in [5.41, 5.74) is 2.94. The zero-order valence-electron chi connectivity index (χ0n) is 21.3. The molecule has 0 unspecified atom stereocenters. The Morgan fingerprint density at radius 3 is 1.51 bits per heavy atom. The molecule has 0 atom stereocenters. The van der Waals surface area contributed by atoms with Crippen LogP contribution in [-0.4, -0.2) is 22.9 Å². The lowest BCUT2D eigenvalue weighted by atomic mass is 10.1. The van der Waals surface area contributed by atoms with E-state index in [9.17, 15) is 21.6 Å². The summed E-state index contributed by atoms with van der Waals surface area (Å²) in [7, 11) is -8.02. The van der Waals surface area contributed by atoms with Crippen molar-refractivity contribution in [2.75, 3.05) is 10.6 Å². The topological polar surface area (TPSA) is 128 Å². The summed E-state index contributed by atoms with van der Waals surface area (Å²) in [4.78, 5) is 12.6. The van der Waals surface area contributed by atoms with Gasteiger partial charge in [0.1, 0.15) is 21.3 Å². The second-order valence-corrected chi connectivity index (χ2v) is 11.8. The number of carbonyl (C=O) groups excluding carboxylic acids is 1. The summed E-state index contributed by atoms with van der Waals surface area (Å²) in [6.45, 7) is 5.33. The van der Waals surface area contributed by atoms with Gasteiger partial charge in [0, 0.05) is 11.4 Å². The number of anilines is 2. The summed E-state index contributed by atoms with van der Waals surface area (Å²) < 4.78 is 60.8. The quantitative estimate of drug-likeness (QED) is 0.258. The van der Waals surface area contributed by atoms with Gasteiger partial charge in [-0.1, -0.05) is 35.9 Å². The van der Waals surface area contributed by atoms with Gasteiger partial charge in [0.25, 0.3) is 0 Å². The van der Waals surface area contributed by atoms with Crippen LogP contribution in [-0.2, 0) is 20.2 Å². The highest BCUT2D eigenvalue weighted by molar-refractivity contribution is 7.87. The zero-order valence-corrected chi connectivity index (χ0v) is 23.0. The van der Waals surface area contributed by atoms with E-state index in [2.05, 4.69) is 10.6 Å². The molecule has 0 aliphatic carbocycles. The zero-order chi connectivity index (χ0) is 28.2. The van der Waals surface area contributed by atoms with Gasteiger partial charge in [0.15, 0.2) is 0 Å². The van der Waals surface area contributed by atoms with Gasteiger partial charge >= 0.3 is 26.3 Å². The number of carbonyl (C=O) groups is 1. The first-order chi connectivity index (χ1) is 18.4. The summed E-state index contributed by atoms with van der Waals surface area (Å²) >= 11 is 0. The molecule has 0 fully saturated rings. The minimum Gasteiger partial charge on any atom is -0.379 e. The molecule has 0 radical (unpaired) electrons. The molecule has 0 saturated carbocycles. The monoisotopic (exact) mass is 566 g/mol. The van der Waals surface area contributed by atoms with Crippen molar-refractivity contribution in [3.05, 3.63) is 108 Å². The van der Waals surface area contributed by atoms with Crippen LogP contribution >= 0.6 is 0 Å². The van der Waals surface area contributed by atoms with Crippen LogP contribution in [0.3, 0.4) is 0 Å². The van der Waals surface area contributed by atoms with Crippen molar-refractivity contribution in [3.63, 3.8) is 0 Å². The summed E-state index contributed by atoms with van der Waals surface area (Å²) in [5, 5.41) is 5.25. The van der Waals surface area contributed by atoms with E-state index in [0.29, 0.717) is 22.5 Å². The van der Waals surface area contributed by atoms with Gasteiger partial charge < -0.3 is 19.0 Å². The molecule has 11 heteroatoms. The first-order valence-electron chi connectivity index (χ1n) is 11.7. The fraction of sp³-hybridized carbons (Fsp3) is 0.107. The van der Waals surface area contributed by atoms with E-state index >= 15 is 0 Å². The molecule has 4 rings (SSSR count). The number of aryl methyl sites for hydroxylation is 3. The molecule has 39 heavy (non-hydrogen) atoms. The highest BCUT2D eigenvalue weighted by Gasteiger charge is 2.22. The average molecular weight is 567 g/mol. The van der Waals surface area contributed by atoms with E-state index in [1.165, 1.54) is 60.7 Å². The molecule has 4 aromatic carbocycles. The third kappa shape index (κ3) is 6.95. The van der Waals surface area contributed by atoms with Crippen molar-refractivity contribution in [2.24, 2.45) is 0 Å². The predicted octanol–water partition coefficient (Wildman–Crippen LogP) is 5.79. The number of amides is 2. The van der Waals surface area contributed by atoms with E-state index in [4.69, 9.17) is 8.37 Å². The Morgan fingerprint density at radius 2 is 1.05 bits per heavy atom. The number of rotatable bonds is 8. The molecule has 0 aromatic heterocycles. The molecule has 0 saturated heterocycles. The number of urea groups is 1. The van der Waals surface area contributed by atoms with E-state index in [1.54, 1.807) is 44.2 Å². The van der Waals surface area contributed by atoms with Crippen LogP contribution in [0.2, 0.25) is 0 Å². The number of benzene rings is 4. The molecule has 0 bridgehead atoms. The second-order valence-electron chi connectivity index (χ2n) is 8.74. The van der Waals surface area contributed by atoms with E-state index in [-0.39, 0.29) is 21.3 Å². The molecule has 202 valence electrons. The van der Waals surface area contributed by atoms with Crippen molar-refractivity contribution >= 4 is 37.6 Å². The normalized spacial score (nSPS) is 11.5. The van der Waals surface area contributed by atoms with Gasteiger partial charge in [-0.05, 0) is 92.6 Å². The third-order valence-electron chi connectivity index (χ3n) is 5.52. The summed E-state index contributed by atoms with van der Waals surface area (Å²) in [6, 6.07) is 22.4. The molecule has 0 heterocycles. The van der Waals surface area contributed by atoms with Crippen LogP contribution in [0.5, 0.6) is 11.5 Å². The maximum absolute atomic E-state index is 12.8. The molecule has 4 aromatic rings. The highest BCUT2D eigenvalue weighted by Crippen LogP contribution is 2.27. The number of hydrogen-bond acceptors (Lipinski definition) is 7. The molecular formula is C28H26N2O7S2. The average Bonchev–Trinajstić information content (AvgIpc) is 2.86. The Morgan fingerprint density at radius 1 is 0.615 bits per heavy atom. The van der Waals surface area contributed by atoms with Crippen molar-refractivity contribution in [3.8, 4) is 11.5 Å². The van der Waals surface area contributed by atoms with E-state index in [0.717, 1.165) is 5.56 Å². The maximum atomic E-state index is 12.8. The standard InChI is InChI=1S/C28H26N2O7S2/c1-19-17-20(2)27(21(3)18-19)39(34,35)37-25-15-11-23(12-16-25)30-28(31)29-22-9-13-24(14-10-22)36-38(32,33)26-7-5-4-6-8-26/h4-18H,1-3H3,(H2,29,30,31).